The monoisotopic (exact) mass is 372 g/mol. The van der Waals surface area contributed by atoms with Gasteiger partial charge >= 0.3 is 6.09 Å². The summed E-state index contributed by atoms with van der Waals surface area (Å²) in [6.45, 7) is 9.03. The molecule has 8 heteroatoms. The van der Waals surface area contributed by atoms with Gasteiger partial charge in [-0.15, -0.1) is 0 Å². The Hall–Kier alpha value is -2.40. The van der Waals surface area contributed by atoms with Gasteiger partial charge in [-0.1, -0.05) is 0 Å². The number of fused-ring (bicyclic) bond motifs is 1. The highest BCUT2D eigenvalue weighted by Gasteiger charge is 2.34. The molecule has 0 spiro atoms. The molecular formula is C19H28N6O2. The lowest BCUT2D eigenvalue weighted by Gasteiger charge is -2.41. The van der Waals surface area contributed by atoms with Gasteiger partial charge in [0.25, 0.3) is 0 Å². The Morgan fingerprint density at radius 2 is 2.22 bits per heavy atom. The van der Waals surface area contributed by atoms with Crippen LogP contribution in [-0.2, 0) is 17.7 Å². The van der Waals surface area contributed by atoms with Gasteiger partial charge in [0.2, 0.25) is 0 Å². The Labute approximate surface area is 160 Å². The minimum absolute atomic E-state index is 0.215. The number of piperazine rings is 1. The topological polar surface area (TPSA) is 94.4 Å². The molecule has 0 unspecified atom stereocenters. The standard InChI is InChI=1S/C19H28N6O2/c1-19(2,3)27-18(26)25-10-9-24(12-14(25)6-7-20)17-15-5-4-8-21-11-16(15)22-13-23-17/h13-14,21H,4-6,8-12H2,1-3H3/t14-/m0/s1. The molecule has 3 heterocycles. The van der Waals surface area contributed by atoms with E-state index in [2.05, 4.69) is 26.3 Å². The summed E-state index contributed by atoms with van der Waals surface area (Å²) in [4.78, 5) is 25.4. The molecule has 2 aliphatic heterocycles. The molecule has 0 bridgehead atoms. The number of rotatable bonds is 2. The number of hydrogen-bond donors (Lipinski definition) is 1. The maximum atomic E-state index is 12.6. The third-order valence-corrected chi connectivity index (χ3v) is 4.82. The number of carbonyl (C=O) groups excluding carboxylic acids is 1. The first kappa shape index (κ1) is 19.4. The fourth-order valence-electron chi connectivity index (χ4n) is 3.60. The Kier molecular flexibility index (Phi) is 5.80. The zero-order valence-electron chi connectivity index (χ0n) is 16.4. The number of nitriles is 1. The summed E-state index contributed by atoms with van der Waals surface area (Å²) in [5.74, 6) is 0.940. The molecule has 146 valence electrons. The number of ether oxygens (including phenoxy) is 1. The molecule has 0 aliphatic carbocycles. The van der Waals surface area contributed by atoms with E-state index in [0.717, 1.165) is 37.4 Å². The number of hydrogen-bond acceptors (Lipinski definition) is 7. The van der Waals surface area contributed by atoms with Gasteiger partial charge in [-0.05, 0) is 40.2 Å². The molecular weight excluding hydrogens is 344 g/mol. The van der Waals surface area contributed by atoms with Crippen molar-refractivity contribution in [3.05, 3.63) is 17.6 Å². The first-order valence-corrected chi connectivity index (χ1v) is 9.54. The van der Waals surface area contributed by atoms with E-state index in [-0.39, 0.29) is 18.6 Å². The number of carbonyl (C=O) groups is 1. The van der Waals surface area contributed by atoms with Crippen molar-refractivity contribution in [1.82, 2.24) is 20.2 Å². The van der Waals surface area contributed by atoms with Crippen LogP contribution in [0.1, 0.15) is 44.9 Å². The van der Waals surface area contributed by atoms with Crippen LogP contribution in [0.4, 0.5) is 10.6 Å². The SMILES string of the molecule is CC(C)(C)OC(=O)N1CCN(c2ncnc3c2CCCNC3)C[C@@H]1CC#N. The highest BCUT2D eigenvalue weighted by Crippen LogP contribution is 2.27. The molecule has 1 saturated heterocycles. The van der Waals surface area contributed by atoms with Gasteiger partial charge in [0.05, 0.1) is 24.2 Å². The van der Waals surface area contributed by atoms with Gasteiger partial charge in [0.15, 0.2) is 0 Å². The minimum Gasteiger partial charge on any atom is -0.444 e. The van der Waals surface area contributed by atoms with Crippen LogP contribution in [0.3, 0.4) is 0 Å². The van der Waals surface area contributed by atoms with Gasteiger partial charge in [-0.3, -0.25) is 0 Å². The first-order valence-electron chi connectivity index (χ1n) is 9.54. The predicted molar refractivity (Wildman–Crippen MR) is 101 cm³/mol. The van der Waals surface area contributed by atoms with E-state index >= 15 is 0 Å². The number of amides is 1. The number of aromatic nitrogens is 2. The van der Waals surface area contributed by atoms with Crippen LogP contribution in [0.5, 0.6) is 0 Å². The summed E-state index contributed by atoms with van der Waals surface area (Å²) < 4.78 is 5.53. The van der Waals surface area contributed by atoms with Gasteiger partial charge in [0.1, 0.15) is 17.7 Å². The summed E-state index contributed by atoms with van der Waals surface area (Å²) in [5, 5.41) is 12.6. The Morgan fingerprint density at radius 3 is 2.96 bits per heavy atom. The average molecular weight is 372 g/mol. The van der Waals surface area contributed by atoms with E-state index in [4.69, 9.17) is 4.74 Å². The van der Waals surface area contributed by atoms with Gasteiger partial charge < -0.3 is 19.9 Å². The van der Waals surface area contributed by atoms with E-state index in [9.17, 15) is 10.1 Å². The van der Waals surface area contributed by atoms with Crippen molar-refractivity contribution >= 4 is 11.9 Å². The summed E-state index contributed by atoms with van der Waals surface area (Å²) in [7, 11) is 0. The lowest BCUT2D eigenvalue weighted by molar-refractivity contribution is 0.0145. The fourth-order valence-corrected chi connectivity index (χ4v) is 3.60. The summed E-state index contributed by atoms with van der Waals surface area (Å²) in [5.41, 5.74) is 1.68. The largest absolute Gasteiger partial charge is 0.444 e. The Morgan fingerprint density at radius 1 is 1.41 bits per heavy atom. The van der Waals surface area contributed by atoms with E-state index in [0.29, 0.717) is 19.6 Å². The second kappa shape index (κ2) is 8.09. The second-order valence-corrected chi connectivity index (χ2v) is 8.04. The number of nitrogens with one attached hydrogen (secondary N) is 1. The highest BCUT2D eigenvalue weighted by molar-refractivity contribution is 5.69. The van der Waals surface area contributed by atoms with Crippen LogP contribution >= 0.6 is 0 Å². The molecule has 27 heavy (non-hydrogen) atoms. The molecule has 1 N–H and O–H groups in total. The van der Waals surface area contributed by atoms with Crippen molar-refractivity contribution in [2.45, 2.75) is 58.2 Å². The average Bonchev–Trinajstić information content (AvgIpc) is 2.85. The highest BCUT2D eigenvalue weighted by atomic mass is 16.6. The zero-order chi connectivity index (χ0) is 19.4. The maximum absolute atomic E-state index is 12.6. The molecule has 1 atom stereocenters. The van der Waals surface area contributed by atoms with Crippen molar-refractivity contribution in [3.8, 4) is 6.07 Å². The van der Waals surface area contributed by atoms with Crippen LogP contribution in [0.15, 0.2) is 6.33 Å². The normalized spacial score (nSPS) is 20.4. The van der Waals surface area contributed by atoms with E-state index in [1.54, 1.807) is 11.2 Å². The summed E-state index contributed by atoms with van der Waals surface area (Å²) in [6.07, 6.45) is 3.51. The second-order valence-electron chi connectivity index (χ2n) is 8.04. The van der Waals surface area contributed by atoms with Gasteiger partial charge in [-0.2, -0.15) is 5.26 Å². The van der Waals surface area contributed by atoms with Crippen LogP contribution in [-0.4, -0.2) is 58.8 Å². The van der Waals surface area contributed by atoms with E-state index in [1.807, 2.05) is 20.8 Å². The van der Waals surface area contributed by atoms with Crippen molar-refractivity contribution in [2.75, 3.05) is 31.1 Å². The van der Waals surface area contributed by atoms with Crippen molar-refractivity contribution in [2.24, 2.45) is 0 Å². The van der Waals surface area contributed by atoms with E-state index < -0.39 is 5.60 Å². The molecule has 1 aromatic rings. The smallest absolute Gasteiger partial charge is 0.410 e. The molecule has 0 aromatic carbocycles. The number of anilines is 1. The number of nitrogens with zero attached hydrogens (tertiary/aromatic N) is 5. The third kappa shape index (κ3) is 4.66. The third-order valence-electron chi connectivity index (χ3n) is 4.82. The molecule has 0 radical (unpaired) electrons. The first-order chi connectivity index (χ1) is 12.9. The van der Waals surface area contributed by atoms with E-state index in [1.165, 1.54) is 5.56 Å². The molecule has 1 aromatic heterocycles. The molecule has 3 rings (SSSR count). The van der Waals surface area contributed by atoms with Crippen molar-refractivity contribution in [3.63, 3.8) is 0 Å². The maximum Gasteiger partial charge on any atom is 0.410 e. The molecule has 0 saturated carbocycles. The Bertz CT molecular complexity index is 724. The molecule has 1 fully saturated rings. The minimum atomic E-state index is -0.553. The summed E-state index contributed by atoms with van der Waals surface area (Å²) in [6, 6.07) is 2.00. The van der Waals surface area contributed by atoms with Crippen molar-refractivity contribution in [1.29, 1.82) is 5.26 Å². The van der Waals surface area contributed by atoms with Crippen LogP contribution in [0, 0.1) is 11.3 Å². The fraction of sp³-hybridized carbons (Fsp3) is 0.684. The zero-order valence-corrected chi connectivity index (χ0v) is 16.4. The molecule has 8 nitrogen and oxygen atoms in total. The predicted octanol–water partition coefficient (Wildman–Crippen LogP) is 1.85. The van der Waals surface area contributed by atoms with Crippen LogP contribution in [0.25, 0.3) is 0 Å². The quantitative estimate of drug-likeness (QED) is 0.846. The van der Waals surface area contributed by atoms with Crippen LogP contribution < -0.4 is 10.2 Å². The Balaban J connectivity index is 1.79. The van der Waals surface area contributed by atoms with Crippen molar-refractivity contribution < 1.29 is 9.53 Å². The van der Waals surface area contributed by atoms with Gasteiger partial charge in [0, 0.05) is 31.7 Å². The van der Waals surface area contributed by atoms with Crippen LogP contribution in [0.2, 0.25) is 0 Å². The lowest BCUT2D eigenvalue weighted by atomic mass is 10.1. The summed E-state index contributed by atoms with van der Waals surface area (Å²) >= 11 is 0. The molecule has 2 aliphatic rings. The molecule has 1 amide bonds. The lowest BCUT2D eigenvalue weighted by Crippen LogP contribution is -2.56. The van der Waals surface area contributed by atoms with Gasteiger partial charge in [-0.25, -0.2) is 14.8 Å².